The van der Waals surface area contributed by atoms with Gasteiger partial charge in [-0.1, -0.05) is 30.3 Å². The lowest BCUT2D eigenvalue weighted by molar-refractivity contribution is -0.120. The molecule has 2 aromatic rings. The van der Waals surface area contributed by atoms with Gasteiger partial charge in [0.15, 0.2) is 0 Å². The van der Waals surface area contributed by atoms with Gasteiger partial charge < -0.3 is 0 Å². The highest BCUT2D eigenvalue weighted by atomic mass is 32.2. The van der Waals surface area contributed by atoms with E-state index in [1.165, 1.54) is 29.5 Å². The number of amides is 1. The van der Waals surface area contributed by atoms with Gasteiger partial charge in [-0.2, -0.15) is 13.5 Å². The van der Waals surface area contributed by atoms with E-state index in [9.17, 15) is 13.2 Å². The first kappa shape index (κ1) is 18.8. The van der Waals surface area contributed by atoms with Gasteiger partial charge in [0, 0.05) is 17.5 Å². The summed E-state index contributed by atoms with van der Waals surface area (Å²) in [6.45, 7) is 0. The van der Waals surface area contributed by atoms with Crippen molar-refractivity contribution in [1.29, 1.82) is 0 Å². The summed E-state index contributed by atoms with van der Waals surface area (Å²) >= 11 is 0. The van der Waals surface area contributed by atoms with Crippen LogP contribution in [0.3, 0.4) is 0 Å². The lowest BCUT2D eigenvalue weighted by Crippen LogP contribution is -2.25. The van der Waals surface area contributed by atoms with E-state index in [0.717, 1.165) is 36.0 Å². The molecule has 28 heavy (non-hydrogen) atoms. The molecule has 2 N–H and O–H groups in total. The van der Waals surface area contributed by atoms with Crippen LogP contribution in [0.2, 0.25) is 0 Å². The van der Waals surface area contributed by atoms with Crippen molar-refractivity contribution < 1.29 is 17.8 Å². The molecule has 0 fully saturated rings. The quantitative estimate of drug-likeness (QED) is 0.522. The van der Waals surface area contributed by atoms with Crippen LogP contribution >= 0.6 is 0 Å². The molecular weight excluding hydrogens is 376 g/mol. The molecule has 0 atom stereocenters. The number of nitrogens with zero attached hydrogens (tertiary/aromatic N) is 1. The van der Waals surface area contributed by atoms with E-state index in [2.05, 4.69) is 28.7 Å². The first-order valence-corrected chi connectivity index (χ1v) is 11.1. The maximum absolute atomic E-state index is 12.0. The van der Waals surface area contributed by atoms with Crippen molar-refractivity contribution in [3.05, 3.63) is 69.8 Å². The van der Waals surface area contributed by atoms with Crippen molar-refractivity contribution in [3.8, 4) is 0 Å². The van der Waals surface area contributed by atoms with Crippen molar-refractivity contribution in [2.24, 2.45) is 5.10 Å². The third-order valence-corrected chi connectivity index (χ3v) is 6.08. The number of aryl methyl sites for hydroxylation is 2. The summed E-state index contributed by atoms with van der Waals surface area (Å²) in [7, 11) is -4.18. The Morgan fingerprint density at radius 1 is 1.00 bits per heavy atom. The molecule has 0 aromatic heterocycles. The van der Waals surface area contributed by atoms with Crippen LogP contribution in [0, 0.1) is 0 Å². The number of carbonyl (C=O) groups excluding carboxylic acids is 1. The van der Waals surface area contributed by atoms with Gasteiger partial charge >= 0.3 is 0 Å². The van der Waals surface area contributed by atoms with Crippen LogP contribution < -0.4 is 5.43 Å². The number of fused-ring (bicyclic) bond motifs is 3. The van der Waals surface area contributed by atoms with Gasteiger partial charge in [0.2, 0.25) is 5.91 Å². The summed E-state index contributed by atoms with van der Waals surface area (Å²) in [5.41, 5.74) is 10.3. The van der Waals surface area contributed by atoms with E-state index in [1.54, 1.807) is 0 Å². The number of hydrogen-bond donors (Lipinski definition) is 2. The van der Waals surface area contributed by atoms with Crippen LogP contribution in [0.15, 0.2) is 41.5 Å². The Labute approximate surface area is 164 Å². The highest BCUT2D eigenvalue weighted by Crippen LogP contribution is 2.32. The van der Waals surface area contributed by atoms with E-state index in [4.69, 9.17) is 4.55 Å². The van der Waals surface area contributed by atoms with E-state index in [1.807, 2.05) is 18.2 Å². The van der Waals surface area contributed by atoms with Gasteiger partial charge in [-0.3, -0.25) is 9.35 Å². The summed E-state index contributed by atoms with van der Waals surface area (Å²) in [5, 5.41) is 4.36. The molecule has 146 valence electrons. The zero-order valence-electron chi connectivity index (χ0n) is 15.4. The van der Waals surface area contributed by atoms with Crippen LogP contribution in [0.4, 0.5) is 0 Å². The summed E-state index contributed by atoms with van der Waals surface area (Å²) in [6.07, 6.45) is 5.04. The van der Waals surface area contributed by atoms with E-state index in [-0.39, 0.29) is 6.42 Å². The molecule has 6 nitrogen and oxygen atoms in total. The number of hydrazone groups is 1. The van der Waals surface area contributed by atoms with E-state index in [0.29, 0.717) is 5.71 Å². The molecular formula is C21H22N2O4S. The van der Waals surface area contributed by atoms with Crippen molar-refractivity contribution in [3.63, 3.8) is 0 Å². The lowest BCUT2D eigenvalue weighted by atomic mass is 9.80. The predicted molar refractivity (Wildman–Crippen MR) is 107 cm³/mol. The number of nitrogens with one attached hydrogen (secondary N) is 1. The Balaban J connectivity index is 1.69. The molecule has 2 aliphatic carbocycles. The first-order valence-electron chi connectivity index (χ1n) is 9.46. The molecule has 4 rings (SSSR count). The number of hydrogen-bond acceptors (Lipinski definition) is 4. The predicted octanol–water partition coefficient (Wildman–Crippen LogP) is 2.62. The molecule has 0 saturated carbocycles. The van der Waals surface area contributed by atoms with Gasteiger partial charge in [-0.25, -0.2) is 5.43 Å². The number of benzene rings is 2. The van der Waals surface area contributed by atoms with E-state index >= 15 is 0 Å². The van der Waals surface area contributed by atoms with Crippen molar-refractivity contribution in [2.75, 3.05) is 5.75 Å². The average molecular weight is 398 g/mol. The normalized spacial score (nSPS) is 16.8. The number of rotatable bonds is 4. The molecule has 2 aliphatic rings. The topological polar surface area (TPSA) is 95.8 Å². The Hall–Kier alpha value is -2.51. The molecule has 0 bridgehead atoms. The standard InChI is InChI=1S/C21H22N2O4S/c24-20(9-10-28(25,26)27)22-23-21-18-8-4-3-7-16(18)12-17-11-14-5-1-2-6-15(14)13-19(17)21/h3-4,7-8,11,13H,1-2,5-6,9-10,12H2,(H,22,24)(H,25,26,27). The van der Waals surface area contributed by atoms with Gasteiger partial charge in [0.1, 0.15) is 0 Å². The second-order valence-corrected chi connectivity index (χ2v) is 8.92. The third-order valence-electron chi connectivity index (χ3n) is 5.36. The minimum atomic E-state index is -4.18. The zero-order valence-corrected chi connectivity index (χ0v) is 16.3. The average Bonchev–Trinajstić information content (AvgIpc) is 2.67. The summed E-state index contributed by atoms with van der Waals surface area (Å²) < 4.78 is 30.5. The van der Waals surface area contributed by atoms with Crippen LogP contribution in [-0.2, 0) is 34.2 Å². The second-order valence-electron chi connectivity index (χ2n) is 7.35. The van der Waals surface area contributed by atoms with Crippen LogP contribution in [0.25, 0.3) is 0 Å². The fourth-order valence-corrected chi connectivity index (χ4v) is 4.42. The van der Waals surface area contributed by atoms with Crippen LogP contribution in [0.5, 0.6) is 0 Å². The summed E-state index contributed by atoms with van der Waals surface area (Å²) in [5.74, 6) is -1.17. The maximum Gasteiger partial charge on any atom is 0.265 e. The highest BCUT2D eigenvalue weighted by Gasteiger charge is 2.24. The summed E-state index contributed by atoms with van der Waals surface area (Å²) in [6, 6.07) is 12.5. The molecule has 0 radical (unpaired) electrons. The van der Waals surface area contributed by atoms with Crippen LogP contribution in [0.1, 0.15) is 52.6 Å². The molecule has 0 saturated heterocycles. The maximum atomic E-state index is 12.0. The zero-order chi connectivity index (χ0) is 19.7. The van der Waals surface area contributed by atoms with Gasteiger partial charge in [0.25, 0.3) is 10.1 Å². The molecule has 7 heteroatoms. The lowest BCUT2D eigenvalue weighted by Gasteiger charge is -2.25. The Bertz CT molecular complexity index is 1070. The van der Waals surface area contributed by atoms with E-state index < -0.39 is 21.8 Å². The van der Waals surface area contributed by atoms with Gasteiger partial charge in [0.05, 0.1) is 11.5 Å². The molecule has 0 unspecified atom stereocenters. The monoisotopic (exact) mass is 398 g/mol. The molecule has 0 heterocycles. The van der Waals surface area contributed by atoms with Crippen molar-refractivity contribution in [2.45, 2.75) is 38.5 Å². The third kappa shape index (κ3) is 4.00. The fraction of sp³-hybridized carbons (Fsp3) is 0.333. The van der Waals surface area contributed by atoms with Gasteiger partial charge in [-0.15, -0.1) is 0 Å². The molecule has 0 spiro atoms. The Morgan fingerprint density at radius 2 is 1.71 bits per heavy atom. The van der Waals surface area contributed by atoms with Gasteiger partial charge in [-0.05, 0) is 60.4 Å². The summed E-state index contributed by atoms with van der Waals surface area (Å²) in [4.78, 5) is 12.0. The highest BCUT2D eigenvalue weighted by molar-refractivity contribution is 7.85. The largest absolute Gasteiger partial charge is 0.286 e. The number of carbonyl (C=O) groups is 1. The first-order chi connectivity index (χ1) is 13.4. The Kier molecular flexibility index (Phi) is 5.03. The van der Waals surface area contributed by atoms with Crippen molar-refractivity contribution in [1.82, 2.24) is 5.43 Å². The fourth-order valence-electron chi connectivity index (χ4n) is 3.98. The molecule has 0 aliphatic heterocycles. The second kappa shape index (κ2) is 7.48. The minimum Gasteiger partial charge on any atom is -0.286 e. The molecule has 2 aromatic carbocycles. The SMILES string of the molecule is O=C(CCS(=O)(=O)O)NN=C1c2ccccc2Cc2cc3c(cc21)CCCC3. The molecule has 1 amide bonds. The van der Waals surface area contributed by atoms with Crippen LogP contribution in [-0.4, -0.2) is 30.3 Å². The van der Waals surface area contributed by atoms with Crippen molar-refractivity contribution >= 4 is 21.7 Å². The smallest absolute Gasteiger partial charge is 0.265 e. The Morgan fingerprint density at radius 3 is 2.46 bits per heavy atom. The minimum absolute atomic E-state index is 0.339.